The maximum atomic E-state index is 13.0. The van der Waals surface area contributed by atoms with Crippen molar-refractivity contribution in [1.82, 2.24) is 4.90 Å². The summed E-state index contributed by atoms with van der Waals surface area (Å²) in [5, 5.41) is 0.947. The summed E-state index contributed by atoms with van der Waals surface area (Å²) in [5.41, 5.74) is 1.68. The first-order chi connectivity index (χ1) is 11.1. The lowest BCUT2D eigenvalue weighted by Crippen LogP contribution is -2.40. The van der Waals surface area contributed by atoms with Crippen LogP contribution < -0.4 is 4.57 Å². The molecule has 0 spiro atoms. The Kier molecular flexibility index (Phi) is 4.88. The molecule has 120 valence electrons. The Labute approximate surface area is 146 Å². The van der Waals surface area contributed by atoms with Crippen LogP contribution in [0.15, 0.2) is 42.7 Å². The molecule has 0 bridgehead atoms. The molecule has 1 fully saturated rings. The highest BCUT2D eigenvalue weighted by Gasteiger charge is 2.30. The number of carbonyl (C=O) groups excluding carboxylic acids is 1. The number of amides is 1. The second-order valence-corrected chi connectivity index (χ2v) is 6.78. The fourth-order valence-electron chi connectivity index (χ4n) is 3.15. The number of nitrogens with zero attached hydrogens (tertiary/aromatic N) is 2. The highest BCUT2D eigenvalue weighted by Crippen LogP contribution is 2.33. The van der Waals surface area contributed by atoms with Gasteiger partial charge in [0, 0.05) is 23.2 Å². The minimum atomic E-state index is -0.0251. The van der Waals surface area contributed by atoms with Crippen LogP contribution >= 0.6 is 23.2 Å². The molecule has 0 N–H and O–H groups in total. The topological polar surface area (TPSA) is 24.2 Å². The van der Waals surface area contributed by atoms with Gasteiger partial charge in [0.2, 0.25) is 0 Å². The number of carbonyl (C=O) groups is 1. The van der Waals surface area contributed by atoms with Gasteiger partial charge in [-0.2, -0.15) is 0 Å². The lowest BCUT2D eigenvalue weighted by Gasteiger charge is -2.35. The number of pyridine rings is 1. The first-order valence-electron chi connectivity index (χ1n) is 7.77. The second kappa shape index (κ2) is 6.90. The molecule has 1 aliphatic rings. The molecule has 3 nitrogen and oxygen atoms in total. The quantitative estimate of drug-likeness (QED) is 0.746. The molecule has 1 aliphatic heterocycles. The Bertz CT molecular complexity index is 733. The average molecular weight is 350 g/mol. The third kappa shape index (κ3) is 3.51. The summed E-state index contributed by atoms with van der Waals surface area (Å²) in [4.78, 5) is 14.9. The summed E-state index contributed by atoms with van der Waals surface area (Å²) < 4.78 is 2.02. The normalized spacial score (nSPS) is 18.0. The zero-order chi connectivity index (χ0) is 16.4. The van der Waals surface area contributed by atoms with E-state index in [9.17, 15) is 4.79 Å². The maximum absolute atomic E-state index is 13.0. The molecule has 2 aromatic rings. The van der Waals surface area contributed by atoms with Gasteiger partial charge in [-0.25, -0.2) is 4.57 Å². The Hall–Kier alpha value is -1.58. The average Bonchev–Trinajstić information content (AvgIpc) is 2.54. The highest BCUT2D eigenvalue weighted by molar-refractivity contribution is 6.36. The first-order valence-corrected chi connectivity index (χ1v) is 8.53. The van der Waals surface area contributed by atoms with Crippen LogP contribution in [0.1, 0.15) is 41.2 Å². The van der Waals surface area contributed by atoms with Gasteiger partial charge in [-0.15, -0.1) is 0 Å². The Balaban J connectivity index is 1.93. The number of hydrogen-bond donors (Lipinski definition) is 0. The van der Waals surface area contributed by atoms with Crippen molar-refractivity contribution >= 4 is 29.1 Å². The Morgan fingerprint density at radius 2 is 2.09 bits per heavy atom. The maximum Gasteiger partial charge on any atom is 0.255 e. The van der Waals surface area contributed by atoms with E-state index < -0.39 is 0 Å². The van der Waals surface area contributed by atoms with Crippen molar-refractivity contribution in [2.45, 2.75) is 25.3 Å². The fourth-order valence-corrected chi connectivity index (χ4v) is 3.64. The van der Waals surface area contributed by atoms with Gasteiger partial charge in [-0.05, 0) is 43.5 Å². The van der Waals surface area contributed by atoms with E-state index in [4.69, 9.17) is 23.2 Å². The van der Waals surface area contributed by atoms with Crippen LogP contribution in [0.5, 0.6) is 0 Å². The lowest BCUT2D eigenvalue weighted by atomic mass is 9.95. The van der Waals surface area contributed by atoms with Crippen LogP contribution in [0.25, 0.3) is 0 Å². The van der Waals surface area contributed by atoms with E-state index in [2.05, 4.69) is 12.3 Å². The SMILES string of the molecule is C[n+]1cccc([C@@H]2CCCCN2C(=O)c2ccc(Cl)cc2Cl)c1. The van der Waals surface area contributed by atoms with E-state index in [1.54, 1.807) is 18.2 Å². The molecule has 0 aliphatic carbocycles. The zero-order valence-electron chi connectivity index (χ0n) is 13.0. The Morgan fingerprint density at radius 3 is 2.83 bits per heavy atom. The number of halogens is 2. The van der Waals surface area contributed by atoms with Crippen LogP contribution in [-0.4, -0.2) is 17.4 Å². The number of piperidine rings is 1. The zero-order valence-corrected chi connectivity index (χ0v) is 14.5. The minimum Gasteiger partial charge on any atom is -0.331 e. The van der Waals surface area contributed by atoms with Crippen molar-refractivity contribution in [2.75, 3.05) is 6.54 Å². The predicted octanol–water partition coefficient (Wildman–Crippen LogP) is 4.19. The van der Waals surface area contributed by atoms with Gasteiger partial charge in [-0.1, -0.05) is 23.2 Å². The molecule has 5 heteroatoms. The minimum absolute atomic E-state index is 0.0251. The van der Waals surface area contributed by atoms with Crippen LogP contribution in [0, 0.1) is 0 Å². The van der Waals surface area contributed by atoms with Crippen molar-refractivity contribution in [1.29, 1.82) is 0 Å². The van der Waals surface area contributed by atoms with Crippen LogP contribution in [0.4, 0.5) is 0 Å². The molecule has 0 radical (unpaired) electrons. The largest absolute Gasteiger partial charge is 0.331 e. The molecule has 0 unspecified atom stereocenters. The lowest BCUT2D eigenvalue weighted by molar-refractivity contribution is -0.672. The number of aryl methyl sites for hydroxylation is 1. The molecule has 1 aromatic carbocycles. The van der Waals surface area contributed by atoms with Crippen molar-refractivity contribution in [2.24, 2.45) is 7.05 Å². The predicted molar refractivity (Wildman–Crippen MR) is 91.7 cm³/mol. The molecular formula is C18H19Cl2N2O+. The standard InChI is InChI=1S/C18H19Cl2N2O/c1-21-9-4-5-13(12-21)17-6-2-3-10-22(17)18(23)15-8-7-14(19)11-16(15)20/h4-5,7-9,11-12,17H,2-3,6,10H2,1H3/q+1/t17-/m0/s1. The van der Waals surface area contributed by atoms with E-state index in [0.29, 0.717) is 15.6 Å². The van der Waals surface area contributed by atoms with Gasteiger partial charge >= 0.3 is 0 Å². The smallest absolute Gasteiger partial charge is 0.255 e. The second-order valence-electron chi connectivity index (χ2n) is 5.94. The van der Waals surface area contributed by atoms with Gasteiger partial charge in [0.25, 0.3) is 5.91 Å². The van der Waals surface area contributed by atoms with Crippen molar-refractivity contribution in [3.63, 3.8) is 0 Å². The third-order valence-electron chi connectivity index (χ3n) is 4.27. The number of benzene rings is 1. The summed E-state index contributed by atoms with van der Waals surface area (Å²) in [6.45, 7) is 0.751. The molecule has 0 saturated carbocycles. The summed E-state index contributed by atoms with van der Waals surface area (Å²) in [5.74, 6) is -0.0251. The summed E-state index contributed by atoms with van der Waals surface area (Å²) in [7, 11) is 1.99. The summed E-state index contributed by atoms with van der Waals surface area (Å²) in [6, 6.07) is 9.24. The number of likely N-dealkylation sites (tertiary alicyclic amines) is 1. The van der Waals surface area contributed by atoms with Crippen LogP contribution in [-0.2, 0) is 7.05 Å². The molecule has 3 rings (SSSR count). The van der Waals surface area contributed by atoms with Gasteiger partial charge in [-0.3, -0.25) is 4.79 Å². The van der Waals surface area contributed by atoms with E-state index in [1.807, 2.05) is 28.8 Å². The number of rotatable bonds is 2. The summed E-state index contributed by atoms with van der Waals surface area (Å²) >= 11 is 12.2. The molecule has 2 heterocycles. The van der Waals surface area contributed by atoms with E-state index in [-0.39, 0.29) is 11.9 Å². The van der Waals surface area contributed by atoms with Gasteiger partial charge in [0.05, 0.1) is 16.6 Å². The highest BCUT2D eigenvalue weighted by atomic mass is 35.5. The van der Waals surface area contributed by atoms with E-state index >= 15 is 0 Å². The molecule has 1 amide bonds. The number of aromatic nitrogens is 1. The third-order valence-corrected chi connectivity index (χ3v) is 4.82. The van der Waals surface area contributed by atoms with Crippen molar-refractivity contribution in [3.05, 3.63) is 63.9 Å². The molecule has 1 aromatic heterocycles. The van der Waals surface area contributed by atoms with Crippen molar-refractivity contribution in [3.8, 4) is 0 Å². The van der Waals surface area contributed by atoms with Gasteiger partial charge in [0.15, 0.2) is 12.4 Å². The molecule has 23 heavy (non-hydrogen) atoms. The number of hydrogen-bond acceptors (Lipinski definition) is 1. The van der Waals surface area contributed by atoms with Crippen LogP contribution in [0.3, 0.4) is 0 Å². The van der Waals surface area contributed by atoms with Gasteiger partial charge in [0.1, 0.15) is 7.05 Å². The Morgan fingerprint density at radius 1 is 1.26 bits per heavy atom. The molecule has 1 saturated heterocycles. The fraction of sp³-hybridized carbons (Fsp3) is 0.333. The van der Waals surface area contributed by atoms with E-state index in [0.717, 1.165) is 31.4 Å². The molecule has 1 atom stereocenters. The first kappa shape index (κ1) is 16.3. The van der Waals surface area contributed by atoms with Crippen molar-refractivity contribution < 1.29 is 9.36 Å². The van der Waals surface area contributed by atoms with E-state index in [1.165, 1.54) is 0 Å². The summed E-state index contributed by atoms with van der Waals surface area (Å²) in [6.07, 6.45) is 7.20. The van der Waals surface area contributed by atoms with Gasteiger partial charge < -0.3 is 4.90 Å². The monoisotopic (exact) mass is 349 g/mol. The van der Waals surface area contributed by atoms with Crippen LogP contribution in [0.2, 0.25) is 10.0 Å². The molecular weight excluding hydrogens is 331 g/mol.